The van der Waals surface area contributed by atoms with Crippen molar-refractivity contribution in [3.05, 3.63) is 64.0 Å². The molecule has 0 amide bonds. The predicted molar refractivity (Wildman–Crippen MR) is 109 cm³/mol. The summed E-state index contributed by atoms with van der Waals surface area (Å²) in [4.78, 5) is 13.7. The number of thiazole rings is 1. The molecule has 0 saturated heterocycles. The maximum absolute atomic E-state index is 5.47. The van der Waals surface area contributed by atoms with Crippen LogP contribution in [0, 0.1) is 6.92 Å². The van der Waals surface area contributed by atoms with Gasteiger partial charge in [-0.2, -0.15) is 5.10 Å². The molecule has 6 nitrogen and oxygen atoms in total. The van der Waals surface area contributed by atoms with Gasteiger partial charge in [-0.1, -0.05) is 22.0 Å². The summed E-state index contributed by atoms with van der Waals surface area (Å²) in [6.07, 6.45) is 1.75. The van der Waals surface area contributed by atoms with Crippen LogP contribution >= 0.6 is 27.3 Å². The standard InChI is InChI=1S/C19H16BrN5OS/c1-12-22-18(16-5-3-4-8-21-16)25(24-12)10-14-11-27-19(23-14)15-9-13(20)6-7-17(15)26-2/h3-9,11H,10H2,1-2H3. The summed E-state index contributed by atoms with van der Waals surface area (Å²) in [7, 11) is 1.67. The van der Waals surface area contributed by atoms with E-state index in [1.54, 1.807) is 24.6 Å². The minimum Gasteiger partial charge on any atom is -0.496 e. The summed E-state index contributed by atoms with van der Waals surface area (Å²) in [6.45, 7) is 2.40. The van der Waals surface area contributed by atoms with E-state index in [-0.39, 0.29) is 0 Å². The first-order valence-electron chi connectivity index (χ1n) is 8.25. The molecule has 3 aromatic heterocycles. The number of ether oxygens (including phenoxy) is 1. The van der Waals surface area contributed by atoms with Crippen molar-refractivity contribution in [2.75, 3.05) is 7.11 Å². The molecule has 136 valence electrons. The summed E-state index contributed by atoms with van der Waals surface area (Å²) in [6, 6.07) is 11.7. The highest BCUT2D eigenvalue weighted by Crippen LogP contribution is 2.34. The summed E-state index contributed by atoms with van der Waals surface area (Å²) in [5.41, 5.74) is 2.67. The Labute approximate surface area is 169 Å². The average Bonchev–Trinajstić information content (AvgIpc) is 3.29. The van der Waals surface area contributed by atoms with Gasteiger partial charge >= 0.3 is 0 Å². The number of aryl methyl sites for hydroxylation is 1. The van der Waals surface area contributed by atoms with Gasteiger partial charge in [-0.3, -0.25) is 4.98 Å². The van der Waals surface area contributed by atoms with E-state index in [2.05, 4.69) is 31.0 Å². The van der Waals surface area contributed by atoms with Crippen molar-refractivity contribution in [3.63, 3.8) is 0 Å². The van der Waals surface area contributed by atoms with Crippen molar-refractivity contribution in [1.82, 2.24) is 24.7 Å². The van der Waals surface area contributed by atoms with Crippen LogP contribution in [0.15, 0.2) is 52.4 Å². The van der Waals surface area contributed by atoms with Crippen molar-refractivity contribution in [2.45, 2.75) is 13.5 Å². The smallest absolute Gasteiger partial charge is 0.177 e. The van der Waals surface area contributed by atoms with E-state index in [0.717, 1.165) is 38.0 Å². The second kappa shape index (κ2) is 7.58. The lowest BCUT2D eigenvalue weighted by molar-refractivity contribution is 0.416. The first-order chi connectivity index (χ1) is 13.1. The maximum Gasteiger partial charge on any atom is 0.177 e. The lowest BCUT2D eigenvalue weighted by Gasteiger charge is -2.06. The van der Waals surface area contributed by atoms with E-state index in [1.165, 1.54) is 0 Å². The molecule has 0 aliphatic rings. The second-order valence-corrected chi connectivity index (χ2v) is 7.62. The van der Waals surface area contributed by atoms with Crippen LogP contribution in [-0.4, -0.2) is 31.8 Å². The maximum atomic E-state index is 5.47. The highest BCUT2D eigenvalue weighted by molar-refractivity contribution is 9.10. The number of hydrogen-bond donors (Lipinski definition) is 0. The number of rotatable bonds is 5. The minimum absolute atomic E-state index is 0.527. The molecule has 27 heavy (non-hydrogen) atoms. The fraction of sp³-hybridized carbons (Fsp3) is 0.158. The minimum atomic E-state index is 0.527. The first kappa shape index (κ1) is 17.8. The third-order valence-corrected chi connectivity index (χ3v) is 5.34. The Kier molecular flexibility index (Phi) is 5.00. The van der Waals surface area contributed by atoms with Crippen LogP contribution in [0.5, 0.6) is 5.75 Å². The van der Waals surface area contributed by atoms with E-state index in [1.807, 2.05) is 53.4 Å². The monoisotopic (exact) mass is 441 g/mol. The molecule has 0 radical (unpaired) electrons. The number of pyridine rings is 1. The third-order valence-electron chi connectivity index (χ3n) is 3.93. The van der Waals surface area contributed by atoms with Crippen molar-refractivity contribution >= 4 is 27.3 Å². The molecule has 0 N–H and O–H groups in total. The van der Waals surface area contributed by atoms with E-state index in [4.69, 9.17) is 9.72 Å². The van der Waals surface area contributed by atoms with E-state index in [9.17, 15) is 0 Å². The van der Waals surface area contributed by atoms with Gasteiger partial charge in [0.05, 0.1) is 24.9 Å². The fourth-order valence-electron chi connectivity index (χ4n) is 2.75. The summed E-state index contributed by atoms with van der Waals surface area (Å²) < 4.78 is 8.30. The molecule has 0 spiro atoms. The number of nitrogens with zero attached hydrogens (tertiary/aromatic N) is 5. The van der Waals surface area contributed by atoms with Gasteiger partial charge in [-0.05, 0) is 37.3 Å². The van der Waals surface area contributed by atoms with Crippen LogP contribution in [0.4, 0.5) is 0 Å². The van der Waals surface area contributed by atoms with E-state index in [0.29, 0.717) is 12.4 Å². The molecule has 0 aliphatic heterocycles. The number of benzene rings is 1. The van der Waals surface area contributed by atoms with Gasteiger partial charge in [-0.15, -0.1) is 11.3 Å². The average molecular weight is 442 g/mol. The number of halogens is 1. The highest BCUT2D eigenvalue weighted by Gasteiger charge is 2.15. The quantitative estimate of drug-likeness (QED) is 0.452. The summed E-state index contributed by atoms with van der Waals surface area (Å²) in [5.74, 6) is 2.24. The molecule has 1 aromatic carbocycles. The van der Waals surface area contributed by atoms with Crippen LogP contribution in [-0.2, 0) is 6.54 Å². The van der Waals surface area contributed by atoms with E-state index < -0.39 is 0 Å². The Hall–Kier alpha value is -2.58. The zero-order valence-electron chi connectivity index (χ0n) is 14.8. The molecule has 0 bridgehead atoms. The largest absolute Gasteiger partial charge is 0.496 e. The van der Waals surface area contributed by atoms with Gasteiger partial charge in [0.1, 0.15) is 22.3 Å². The second-order valence-electron chi connectivity index (χ2n) is 5.84. The topological polar surface area (TPSA) is 65.7 Å². The Bertz CT molecular complexity index is 1080. The molecule has 0 atom stereocenters. The van der Waals surface area contributed by atoms with Gasteiger partial charge in [-0.25, -0.2) is 14.6 Å². The lowest BCUT2D eigenvalue weighted by atomic mass is 10.2. The third kappa shape index (κ3) is 3.77. The number of methoxy groups -OCH3 is 1. The Morgan fingerprint density at radius 3 is 2.85 bits per heavy atom. The lowest BCUT2D eigenvalue weighted by Crippen LogP contribution is -2.05. The van der Waals surface area contributed by atoms with Crippen molar-refractivity contribution in [2.24, 2.45) is 0 Å². The van der Waals surface area contributed by atoms with Crippen LogP contribution in [0.1, 0.15) is 11.5 Å². The molecule has 0 unspecified atom stereocenters. The van der Waals surface area contributed by atoms with Crippen molar-refractivity contribution < 1.29 is 4.74 Å². The van der Waals surface area contributed by atoms with Gasteiger partial charge in [0.15, 0.2) is 5.82 Å². The molecular formula is C19H16BrN5OS. The zero-order chi connectivity index (χ0) is 18.8. The summed E-state index contributed by atoms with van der Waals surface area (Å²) in [5, 5.41) is 7.45. The Morgan fingerprint density at radius 2 is 2.07 bits per heavy atom. The Morgan fingerprint density at radius 1 is 1.19 bits per heavy atom. The van der Waals surface area contributed by atoms with Crippen LogP contribution in [0.3, 0.4) is 0 Å². The molecular weight excluding hydrogens is 426 g/mol. The number of hydrogen-bond acceptors (Lipinski definition) is 6. The molecule has 0 saturated carbocycles. The summed E-state index contributed by atoms with van der Waals surface area (Å²) >= 11 is 5.09. The van der Waals surface area contributed by atoms with Gasteiger partial charge in [0.25, 0.3) is 0 Å². The van der Waals surface area contributed by atoms with Crippen LogP contribution in [0.2, 0.25) is 0 Å². The Balaban J connectivity index is 1.66. The predicted octanol–water partition coefficient (Wildman–Crippen LogP) is 4.59. The zero-order valence-corrected chi connectivity index (χ0v) is 17.2. The van der Waals surface area contributed by atoms with Gasteiger partial charge in [0, 0.05) is 16.0 Å². The normalized spacial score (nSPS) is 10.9. The van der Waals surface area contributed by atoms with Crippen molar-refractivity contribution in [3.8, 4) is 27.8 Å². The fourth-order valence-corrected chi connectivity index (χ4v) is 3.95. The molecule has 0 aliphatic carbocycles. The van der Waals surface area contributed by atoms with Crippen molar-refractivity contribution in [1.29, 1.82) is 0 Å². The molecule has 3 heterocycles. The van der Waals surface area contributed by atoms with E-state index >= 15 is 0 Å². The van der Waals surface area contributed by atoms with Crippen LogP contribution < -0.4 is 4.74 Å². The molecule has 4 aromatic rings. The number of aromatic nitrogens is 5. The van der Waals surface area contributed by atoms with Gasteiger partial charge in [0.2, 0.25) is 0 Å². The first-order valence-corrected chi connectivity index (χ1v) is 9.92. The highest BCUT2D eigenvalue weighted by atomic mass is 79.9. The SMILES string of the molecule is COc1ccc(Br)cc1-c1nc(Cn2nc(C)nc2-c2ccccn2)cs1. The molecule has 8 heteroatoms. The van der Waals surface area contributed by atoms with Crippen LogP contribution in [0.25, 0.3) is 22.1 Å². The van der Waals surface area contributed by atoms with Gasteiger partial charge < -0.3 is 4.74 Å². The molecule has 0 fully saturated rings. The molecule has 4 rings (SSSR count).